The SMILES string of the molecule is N=P(N=[P+](Oc1ccc(O)cc1)Oc1ccc(O)cc1)(Oc1ccc(O)cc1)Oc1ccc(O)cc1. The van der Waals surface area contributed by atoms with E-state index in [1.807, 2.05) is 0 Å². The van der Waals surface area contributed by atoms with E-state index in [0.717, 1.165) is 0 Å². The summed E-state index contributed by atoms with van der Waals surface area (Å²) in [5.74, 6) is 1.14. The molecule has 0 aliphatic rings. The topological polar surface area (TPSA) is 154 Å². The molecule has 4 aromatic carbocycles. The second-order valence-electron chi connectivity index (χ2n) is 7.19. The fraction of sp³-hybridized carbons (Fsp3) is 0. The molecule has 10 nitrogen and oxygen atoms in total. The van der Waals surface area contributed by atoms with Crippen LogP contribution in [0.1, 0.15) is 0 Å². The van der Waals surface area contributed by atoms with E-state index < -0.39 is 15.8 Å². The molecule has 0 atom stereocenters. The minimum absolute atomic E-state index is 0.0150. The highest BCUT2D eigenvalue weighted by Crippen LogP contribution is 2.56. The van der Waals surface area contributed by atoms with Crippen molar-refractivity contribution in [3.05, 3.63) is 97.1 Å². The second kappa shape index (κ2) is 10.9. The fourth-order valence-corrected chi connectivity index (χ4v) is 5.55. The van der Waals surface area contributed by atoms with Gasteiger partial charge in [-0.25, -0.2) is 14.2 Å². The van der Waals surface area contributed by atoms with Gasteiger partial charge in [-0.1, -0.05) is 0 Å². The Bertz CT molecular complexity index is 1280. The molecule has 0 aromatic heterocycles. The Kier molecular flexibility index (Phi) is 7.49. The van der Waals surface area contributed by atoms with Crippen molar-refractivity contribution < 1.29 is 38.5 Å². The Morgan fingerprint density at radius 2 is 0.778 bits per heavy atom. The van der Waals surface area contributed by atoms with Crippen molar-refractivity contribution >= 4 is 15.8 Å². The summed E-state index contributed by atoms with van der Waals surface area (Å²) in [7, 11) is -6.15. The predicted molar refractivity (Wildman–Crippen MR) is 134 cm³/mol. The molecule has 0 saturated heterocycles. The summed E-state index contributed by atoms with van der Waals surface area (Å²) in [4.78, 5) is 0. The molecule has 0 saturated carbocycles. The quantitative estimate of drug-likeness (QED) is 0.144. The van der Waals surface area contributed by atoms with Gasteiger partial charge in [0.2, 0.25) is 0 Å². The number of hydrogen-bond acceptors (Lipinski definition) is 9. The van der Waals surface area contributed by atoms with Gasteiger partial charge in [0.15, 0.2) is 11.5 Å². The molecule has 0 fully saturated rings. The molecule has 12 heteroatoms. The van der Waals surface area contributed by atoms with Crippen molar-refractivity contribution in [2.75, 3.05) is 0 Å². The van der Waals surface area contributed by atoms with Crippen LogP contribution >= 0.6 is 15.8 Å². The van der Waals surface area contributed by atoms with Gasteiger partial charge in [0.05, 0.1) is 4.52 Å². The normalized spacial score (nSPS) is 10.8. The summed E-state index contributed by atoms with van der Waals surface area (Å²) in [6, 6.07) is 23.1. The maximum absolute atomic E-state index is 9.58. The molecule has 4 rings (SSSR count). The summed E-state index contributed by atoms with van der Waals surface area (Å²) in [5.41, 5.74) is 0. The lowest BCUT2D eigenvalue weighted by Gasteiger charge is -2.16. The number of nitrogens with one attached hydrogen (secondary N) is 1. The Morgan fingerprint density at radius 1 is 0.500 bits per heavy atom. The van der Waals surface area contributed by atoms with Gasteiger partial charge >= 0.3 is 15.8 Å². The Labute approximate surface area is 207 Å². The lowest BCUT2D eigenvalue weighted by Crippen LogP contribution is -1.99. The maximum Gasteiger partial charge on any atom is 0.679 e. The van der Waals surface area contributed by atoms with Crippen molar-refractivity contribution in [2.24, 2.45) is 4.52 Å². The highest BCUT2D eigenvalue weighted by molar-refractivity contribution is 7.60. The first-order chi connectivity index (χ1) is 17.3. The number of phenols is 4. The van der Waals surface area contributed by atoms with Crippen LogP contribution in [0, 0.1) is 5.16 Å². The van der Waals surface area contributed by atoms with Crippen LogP contribution in [0.4, 0.5) is 0 Å². The Hall–Kier alpha value is -4.39. The van der Waals surface area contributed by atoms with Crippen molar-refractivity contribution in [3.63, 3.8) is 0 Å². The third kappa shape index (κ3) is 7.06. The van der Waals surface area contributed by atoms with E-state index in [2.05, 4.69) is 4.52 Å². The van der Waals surface area contributed by atoms with Gasteiger partial charge in [-0.3, -0.25) is 0 Å². The van der Waals surface area contributed by atoms with Crippen LogP contribution in [0.3, 0.4) is 0 Å². The zero-order chi connectivity index (χ0) is 25.5. The molecule has 0 aliphatic heterocycles. The number of nitrogens with zero attached hydrogens (tertiary/aromatic N) is 1. The first-order valence-corrected chi connectivity index (χ1v) is 13.1. The molecule has 36 heavy (non-hydrogen) atoms. The molecule has 0 amide bonds. The number of hydrogen-bond donors (Lipinski definition) is 5. The first-order valence-electron chi connectivity index (χ1n) is 10.4. The van der Waals surface area contributed by atoms with E-state index in [9.17, 15) is 20.4 Å². The molecule has 0 aliphatic carbocycles. The van der Waals surface area contributed by atoms with Gasteiger partial charge in [0, 0.05) is 0 Å². The van der Waals surface area contributed by atoms with Crippen molar-refractivity contribution in [1.29, 1.82) is 5.16 Å². The maximum atomic E-state index is 9.58. The smallest absolute Gasteiger partial charge is 0.508 e. The van der Waals surface area contributed by atoms with E-state index >= 15 is 0 Å². The van der Waals surface area contributed by atoms with Gasteiger partial charge in [0.1, 0.15) is 34.5 Å². The lowest BCUT2D eigenvalue weighted by atomic mass is 10.3. The summed E-state index contributed by atoms with van der Waals surface area (Å²) in [6.07, 6.45) is 0. The fourth-order valence-electron chi connectivity index (χ4n) is 2.70. The van der Waals surface area contributed by atoms with Crippen LogP contribution < -0.4 is 18.1 Å². The van der Waals surface area contributed by atoms with Gasteiger partial charge in [-0.15, -0.1) is 0 Å². The number of benzene rings is 4. The number of phenolic OH excluding ortho intramolecular Hbond substituents is 4. The van der Waals surface area contributed by atoms with E-state index in [0.29, 0.717) is 11.5 Å². The molecule has 0 unspecified atom stereocenters. The molecular weight excluding hydrogens is 506 g/mol. The van der Waals surface area contributed by atoms with Gasteiger partial charge in [-0.05, 0) is 97.1 Å². The van der Waals surface area contributed by atoms with Gasteiger partial charge in [0.25, 0.3) is 0 Å². The lowest BCUT2D eigenvalue weighted by molar-refractivity contribution is 0.455. The van der Waals surface area contributed by atoms with Crippen LogP contribution in [-0.2, 0) is 0 Å². The second-order valence-corrected chi connectivity index (χ2v) is 10.2. The Balaban J connectivity index is 1.73. The molecular formula is C24H21N2O8P2+. The van der Waals surface area contributed by atoms with Crippen LogP contribution in [0.2, 0.25) is 0 Å². The molecule has 0 bridgehead atoms. The van der Waals surface area contributed by atoms with E-state index in [4.69, 9.17) is 23.3 Å². The highest BCUT2D eigenvalue weighted by atomic mass is 31.2. The average Bonchev–Trinajstić information content (AvgIpc) is 2.85. The molecule has 0 spiro atoms. The van der Waals surface area contributed by atoms with Gasteiger partial charge in [-0.2, -0.15) is 0 Å². The predicted octanol–water partition coefficient (Wildman–Crippen LogP) is 7.15. The molecule has 5 N–H and O–H groups in total. The molecule has 0 heterocycles. The van der Waals surface area contributed by atoms with E-state index in [1.54, 1.807) is 0 Å². The molecule has 0 radical (unpaired) electrons. The molecule has 4 aromatic rings. The zero-order valence-corrected chi connectivity index (χ0v) is 20.3. The number of rotatable bonds is 9. The third-order valence-corrected chi connectivity index (χ3v) is 7.54. The van der Waals surface area contributed by atoms with Crippen molar-refractivity contribution in [3.8, 4) is 46.0 Å². The standard InChI is InChI=1S/C24H20N2O8P2/c25-36(33-23-13-5-19(29)6-14-23,34-24-15-7-20(30)8-16-24)26-35(31-21-9-1-17(27)2-10-21)32-22-11-3-18(28)4-12-22/h1-16,25H,(H3-,27,28,29,30)/p+1. The van der Waals surface area contributed by atoms with Crippen LogP contribution in [0.25, 0.3) is 0 Å². The molecule has 184 valence electrons. The Morgan fingerprint density at radius 3 is 1.08 bits per heavy atom. The summed E-state index contributed by atoms with van der Waals surface area (Å²) >= 11 is 0. The number of aromatic hydroxyl groups is 4. The summed E-state index contributed by atoms with van der Waals surface area (Å²) in [5, 5.41) is 47.3. The minimum atomic E-state index is -3.90. The van der Waals surface area contributed by atoms with Crippen LogP contribution in [0.15, 0.2) is 102 Å². The summed E-state index contributed by atoms with van der Waals surface area (Å²) < 4.78 is 27.8. The van der Waals surface area contributed by atoms with Crippen LogP contribution in [-0.4, -0.2) is 20.4 Å². The largest absolute Gasteiger partial charge is 0.679 e. The van der Waals surface area contributed by atoms with Crippen molar-refractivity contribution in [2.45, 2.75) is 0 Å². The minimum Gasteiger partial charge on any atom is -0.508 e. The summed E-state index contributed by atoms with van der Waals surface area (Å²) in [6.45, 7) is 0. The third-order valence-electron chi connectivity index (χ3n) is 4.36. The monoisotopic (exact) mass is 527 g/mol. The van der Waals surface area contributed by atoms with E-state index in [1.165, 1.54) is 97.1 Å². The van der Waals surface area contributed by atoms with E-state index in [-0.39, 0.29) is 34.5 Å². The highest BCUT2D eigenvalue weighted by Gasteiger charge is 2.35. The van der Waals surface area contributed by atoms with Gasteiger partial charge < -0.3 is 29.5 Å². The van der Waals surface area contributed by atoms with Crippen molar-refractivity contribution in [1.82, 2.24) is 0 Å². The average molecular weight is 527 g/mol. The van der Waals surface area contributed by atoms with Crippen LogP contribution in [0.5, 0.6) is 46.0 Å². The zero-order valence-electron chi connectivity index (χ0n) is 18.5. The first kappa shape index (κ1) is 24.7.